The first-order chi connectivity index (χ1) is 18.3. The fourth-order valence-corrected chi connectivity index (χ4v) is 6.74. The smallest absolute Gasteiger partial charge is 0.256 e. The molecule has 10 heteroatoms. The summed E-state index contributed by atoms with van der Waals surface area (Å²) in [6.07, 6.45) is 3.46. The van der Waals surface area contributed by atoms with E-state index >= 15 is 0 Å². The lowest BCUT2D eigenvalue weighted by molar-refractivity contribution is -0.141. The zero-order valence-corrected chi connectivity index (χ0v) is 24.8. The molecule has 39 heavy (non-hydrogen) atoms. The summed E-state index contributed by atoms with van der Waals surface area (Å²) in [6.45, 7) is 10.9. The fourth-order valence-electron chi connectivity index (χ4n) is 5.35. The van der Waals surface area contributed by atoms with Crippen LogP contribution in [0.5, 0.6) is 0 Å². The number of rotatable bonds is 4. The van der Waals surface area contributed by atoms with Gasteiger partial charge >= 0.3 is 0 Å². The molecule has 3 amide bonds. The zero-order valence-electron chi connectivity index (χ0n) is 22.9. The predicted octanol–water partition coefficient (Wildman–Crippen LogP) is 4.94. The van der Waals surface area contributed by atoms with Crippen molar-refractivity contribution in [3.63, 3.8) is 0 Å². The molecule has 2 fully saturated rings. The van der Waals surface area contributed by atoms with E-state index in [9.17, 15) is 19.6 Å². The number of hydrogen-bond acceptors (Lipinski definition) is 7. The van der Waals surface area contributed by atoms with Gasteiger partial charge in [0.15, 0.2) is 0 Å². The molecule has 2 aliphatic heterocycles. The quantitative estimate of drug-likeness (QED) is 0.330. The number of pyridine rings is 2. The summed E-state index contributed by atoms with van der Waals surface area (Å²) < 4.78 is 0.832. The molecule has 202 valence electrons. The summed E-state index contributed by atoms with van der Waals surface area (Å²) in [6, 6.07) is 7.55. The van der Waals surface area contributed by atoms with Crippen LogP contribution in [0.25, 0.3) is 21.3 Å². The number of fused-ring (bicyclic) bond motifs is 1. The summed E-state index contributed by atoms with van der Waals surface area (Å²) in [4.78, 5) is 52.7. The minimum absolute atomic E-state index is 0.0915. The summed E-state index contributed by atoms with van der Waals surface area (Å²) in [5.74, 6) is -0.823. The minimum Gasteiger partial charge on any atom is -0.339 e. The van der Waals surface area contributed by atoms with Gasteiger partial charge in [0.1, 0.15) is 11.8 Å². The molecule has 2 saturated heterocycles. The SMILES string of the molecule is Cc1nc(C#N)cc(-c2ccnc3cc(CN4C(=O)C(C)C(C)(C)C4=O)sc23)c1C(=O)N1CCC(C)(P)CC1. The molecule has 3 aromatic heterocycles. The second kappa shape index (κ2) is 9.76. The lowest BCUT2D eigenvalue weighted by atomic mass is 9.82. The third-order valence-electron chi connectivity index (χ3n) is 8.30. The molecule has 5 rings (SSSR count). The normalized spacial score (nSPS) is 20.5. The molecule has 5 heterocycles. The molecule has 0 aromatic carbocycles. The molecule has 2 aliphatic rings. The molecule has 0 spiro atoms. The van der Waals surface area contributed by atoms with E-state index in [1.54, 1.807) is 26.1 Å². The molecule has 0 N–H and O–H groups in total. The van der Waals surface area contributed by atoms with Gasteiger partial charge in [0, 0.05) is 41.2 Å². The molecule has 0 bridgehead atoms. The minimum atomic E-state index is -0.739. The number of piperidine rings is 1. The Hall–Kier alpha value is -3.21. The topological polar surface area (TPSA) is 107 Å². The Morgan fingerprint density at radius 2 is 1.90 bits per heavy atom. The highest BCUT2D eigenvalue weighted by molar-refractivity contribution is 7.19. The van der Waals surface area contributed by atoms with Gasteiger partial charge in [-0.15, -0.1) is 20.6 Å². The second-order valence-electron chi connectivity index (χ2n) is 11.5. The van der Waals surface area contributed by atoms with Crippen LogP contribution in [0, 0.1) is 29.6 Å². The van der Waals surface area contributed by atoms with E-state index in [2.05, 4.69) is 32.2 Å². The molecule has 0 radical (unpaired) electrons. The van der Waals surface area contributed by atoms with Gasteiger partial charge in [-0.1, -0.05) is 27.7 Å². The lowest BCUT2D eigenvalue weighted by Crippen LogP contribution is -2.43. The Bertz CT molecular complexity index is 1560. The van der Waals surface area contributed by atoms with Crippen LogP contribution in [0.3, 0.4) is 0 Å². The number of aromatic nitrogens is 2. The highest BCUT2D eigenvalue weighted by Crippen LogP contribution is 2.41. The molecule has 2 unspecified atom stereocenters. The first-order valence-electron chi connectivity index (χ1n) is 13.1. The third kappa shape index (κ3) is 4.74. The maximum absolute atomic E-state index is 13.9. The molecular formula is C29H32N5O3PS. The van der Waals surface area contributed by atoms with Gasteiger partial charge in [0.2, 0.25) is 11.8 Å². The lowest BCUT2D eigenvalue weighted by Gasteiger charge is -2.37. The number of carbonyl (C=O) groups excluding carboxylic acids is 3. The van der Waals surface area contributed by atoms with Crippen molar-refractivity contribution in [2.75, 3.05) is 13.1 Å². The first-order valence-corrected chi connectivity index (χ1v) is 14.5. The maximum atomic E-state index is 13.9. The third-order valence-corrected chi connectivity index (χ3v) is 10.0. The number of aryl methyl sites for hydroxylation is 1. The van der Waals surface area contributed by atoms with Crippen LogP contribution in [-0.2, 0) is 16.1 Å². The monoisotopic (exact) mass is 561 g/mol. The summed E-state index contributed by atoms with van der Waals surface area (Å²) in [7, 11) is 2.90. The van der Waals surface area contributed by atoms with E-state index in [4.69, 9.17) is 0 Å². The maximum Gasteiger partial charge on any atom is 0.256 e. The average Bonchev–Trinajstić information content (AvgIpc) is 3.37. The van der Waals surface area contributed by atoms with Crippen molar-refractivity contribution in [1.82, 2.24) is 19.8 Å². The number of nitrogens with zero attached hydrogens (tertiary/aromatic N) is 5. The summed E-state index contributed by atoms with van der Waals surface area (Å²) in [5.41, 5.74) is 2.64. The molecular weight excluding hydrogens is 529 g/mol. The van der Waals surface area contributed by atoms with Crippen LogP contribution in [0.15, 0.2) is 24.4 Å². The number of hydrogen-bond donors (Lipinski definition) is 0. The van der Waals surface area contributed by atoms with Crippen LogP contribution in [0.1, 0.15) is 67.2 Å². The molecule has 0 aliphatic carbocycles. The van der Waals surface area contributed by atoms with Gasteiger partial charge in [-0.2, -0.15) is 5.26 Å². The highest BCUT2D eigenvalue weighted by Gasteiger charge is 2.51. The average molecular weight is 562 g/mol. The van der Waals surface area contributed by atoms with Crippen LogP contribution in [0.4, 0.5) is 0 Å². The Kier molecular flexibility index (Phi) is 6.85. The largest absolute Gasteiger partial charge is 0.339 e. The van der Waals surface area contributed by atoms with Crippen molar-refractivity contribution in [2.45, 2.75) is 59.2 Å². The standard InChI is InChI=1S/C29H32N5O3PS/c1-16-25(35)34(27(37)28(16,3)4)15-19-13-22-24(39-19)20(6-9-31-22)21-12-18(14-30)32-17(2)23(21)26(36)33-10-7-29(5,38)8-11-33/h6,9,12-13,16H,7-8,10-11,15,38H2,1-5H3. The van der Waals surface area contributed by atoms with Crippen molar-refractivity contribution in [3.05, 3.63) is 46.2 Å². The summed E-state index contributed by atoms with van der Waals surface area (Å²) >= 11 is 1.45. The van der Waals surface area contributed by atoms with Crippen LogP contribution >= 0.6 is 20.6 Å². The Morgan fingerprint density at radius 1 is 1.21 bits per heavy atom. The number of imide groups is 1. The van der Waals surface area contributed by atoms with Gasteiger partial charge in [-0.3, -0.25) is 24.3 Å². The number of amides is 3. The van der Waals surface area contributed by atoms with Crippen molar-refractivity contribution in [1.29, 1.82) is 5.26 Å². The molecule has 2 atom stereocenters. The van der Waals surface area contributed by atoms with Crippen molar-refractivity contribution < 1.29 is 14.4 Å². The summed E-state index contributed by atoms with van der Waals surface area (Å²) in [5, 5.41) is 9.79. The van der Waals surface area contributed by atoms with E-state index in [-0.39, 0.29) is 41.0 Å². The van der Waals surface area contributed by atoms with Gasteiger partial charge in [-0.05, 0) is 43.1 Å². The van der Waals surface area contributed by atoms with E-state index in [1.807, 2.05) is 30.9 Å². The van der Waals surface area contributed by atoms with Crippen LogP contribution < -0.4 is 0 Å². The van der Waals surface area contributed by atoms with Gasteiger partial charge < -0.3 is 4.90 Å². The van der Waals surface area contributed by atoms with Crippen LogP contribution in [-0.4, -0.2) is 55.7 Å². The number of nitriles is 1. The van der Waals surface area contributed by atoms with E-state index < -0.39 is 5.41 Å². The van der Waals surface area contributed by atoms with Crippen molar-refractivity contribution in [3.8, 4) is 17.2 Å². The van der Waals surface area contributed by atoms with Crippen molar-refractivity contribution in [2.24, 2.45) is 11.3 Å². The Balaban J connectivity index is 1.57. The Labute approximate surface area is 234 Å². The molecule has 8 nitrogen and oxygen atoms in total. The zero-order chi connectivity index (χ0) is 28.3. The fraction of sp³-hybridized carbons (Fsp3) is 0.448. The van der Waals surface area contributed by atoms with Gasteiger partial charge in [0.05, 0.1) is 33.4 Å². The first kappa shape index (κ1) is 27.4. The number of likely N-dealkylation sites (tertiary alicyclic amines) is 2. The van der Waals surface area contributed by atoms with Gasteiger partial charge in [-0.25, -0.2) is 4.98 Å². The van der Waals surface area contributed by atoms with E-state index in [0.717, 1.165) is 28.0 Å². The van der Waals surface area contributed by atoms with Crippen molar-refractivity contribution >= 4 is 48.5 Å². The molecule has 0 saturated carbocycles. The van der Waals surface area contributed by atoms with E-state index in [0.29, 0.717) is 35.4 Å². The molecule has 3 aromatic rings. The highest BCUT2D eigenvalue weighted by atomic mass is 32.1. The van der Waals surface area contributed by atoms with Gasteiger partial charge in [0.25, 0.3) is 5.91 Å². The number of carbonyl (C=O) groups is 3. The predicted molar refractivity (Wildman–Crippen MR) is 154 cm³/mol. The Morgan fingerprint density at radius 3 is 2.51 bits per heavy atom. The van der Waals surface area contributed by atoms with E-state index in [1.165, 1.54) is 16.2 Å². The second-order valence-corrected chi connectivity index (χ2v) is 14.1. The van der Waals surface area contributed by atoms with Crippen LogP contribution in [0.2, 0.25) is 0 Å². The number of thiophene rings is 1.